The second kappa shape index (κ2) is 3.72. The fourth-order valence-corrected chi connectivity index (χ4v) is 2.43. The lowest BCUT2D eigenvalue weighted by Crippen LogP contribution is -2.05. The van der Waals surface area contributed by atoms with E-state index < -0.39 is 0 Å². The van der Waals surface area contributed by atoms with Gasteiger partial charge in [-0.1, -0.05) is 0 Å². The average Bonchev–Trinajstić information content (AvgIpc) is 2.18. The van der Waals surface area contributed by atoms with Gasteiger partial charge in [0.15, 0.2) is 0 Å². The van der Waals surface area contributed by atoms with E-state index in [0.717, 1.165) is 29.2 Å². The third kappa shape index (κ3) is 1.74. The van der Waals surface area contributed by atoms with E-state index in [0.29, 0.717) is 5.82 Å². The molecule has 0 spiro atoms. The molecule has 2 heterocycles. The topological polar surface area (TPSA) is 46.0 Å². The van der Waals surface area contributed by atoms with Gasteiger partial charge < -0.3 is 5.11 Å². The molecule has 1 aliphatic rings. The quantitative estimate of drug-likeness (QED) is 0.729. The third-order valence-corrected chi connectivity index (χ3v) is 3.33. The number of aryl methyl sites for hydroxylation is 1. The van der Waals surface area contributed by atoms with Crippen molar-refractivity contribution < 1.29 is 5.11 Å². The van der Waals surface area contributed by atoms with Gasteiger partial charge in [-0.15, -0.1) is 23.4 Å². The molecular formula is C8H9ClN2OS. The zero-order valence-corrected chi connectivity index (χ0v) is 8.53. The van der Waals surface area contributed by atoms with E-state index in [2.05, 4.69) is 9.97 Å². The van der Waals surface area contributed by atoms with Gasteiger partial charge in [0.2, 0.25) is 5.88 Å². The normalized spacial score (nSPS) is 15.5. The van der Waals surface area contributed by atoms with Crippen LogP contribution in [0.15, 0.2) is 4.90 Å². The fourth-order valence-electron chi connectivity index (χ4n) is 1.32. The summed E-state index contributed by atoms with van der Waals surface area (Å²) in [4.78, 5) is 9.00. The van der Waals surface area contributed by atoms with E-state index in [4.69, 9.17) is 11.6 Å². The number of aromatic hydroxyl groups is 1. The van der Waals surface area contributed by atoms with Crippen molar-refractivity contribution in [3.63, 3.8) is 0 Å². The molecule has 1 N–H and O–H groups in total. The minimum Gasteiger partial charge on any atom is -0.492 e. The summed E-state index contributed by atoms with van der Waals surface area (Å²) in [6.45, 7) is 0. The number of hydrogen-bond acceptors (Lipinski definition) is 4. The minimum absolute atomic E-state index is 0.0883. The lowest BCUT2D eigenvalue weighted by atomic mass is 10.2. The maximum atomic E-state index is 9.54. The monoisotopic (exact) mass is 216 g/mol. The van der Waals surface area contributed by atoms with Crippen LogP contribution in [0.4, 0.5) is 0 Å². The van der Waals surface area contributed by atoms with Crippen LogP contribution in [0, 0.1) is 0 Å². The van der Waals surface area contributed by atoms with Gasteiger partial charge in [-0.25, -0.2) is 4.98 Å². The van der Waals surface area contributed by atoms with Crippen molar-refractivity contribution in [1.29, 1.82) is 0 Å². The van der Waals surface area contributed by atoms with Crippen molar-refractivity contribution in [1.82, 2.24) is 9.97 Å². The van der Waals surface area contributed by atoms with Crippen molar-refractivity contribution >= 4 is 23.4 Å². The first-order valence-electron chi connectivity index (χ1n) is 4.09. The second-order valence-electron chi connectivity index (χ2n) is 2.82. The molecule has 0 aromatic carbocycles. The maximum absolute atomic E-state index is 9.54. The molecule has 1 aliphatic heterocycles. The third-order valence-electron chi connectivity index (χ3n) is 1.89. The van der Waals surface area contributed by atoms with Crippen LogP contribution in [0.1, 0.15) is 17.9 Å². The Kier molecular flexibility index (Phi) is 2.60. The molecule has 0 aliphatic carbocycles. The Morgan fingerprint density at radius 2 is 2.31 bits per heavy atom. The van der Waals surface area contributed by atoms with Crippen LogP contribution in [0.2, 0.25) is 0 Å². The van der Waals surface area contributed by atoms with Gasteiger partial charge in [0.05, 0.1) is 16.5 Å². The van der Waals surface area contributed by atoms with Crippen LogP contribution >= 0.6 is 23.4 Å². The molecule has 0 radical (unpaired) electrons. The highest BCUT2D eigenvalue weighted by atomic mass is 35.5. The maximum Gasteiger partial charge on any atom is 0.228 e. The number of alkyl halides is 1. The molecule has 1 aromatic rings. The zero-order valence-electron chi connectivity index (χ0n) is 6.96. The Labute approximate surface area is 85.5 Å². The van der Waals surface area contributed by atoms with Gasteiger partial charge >= 0.3 is 0 Å². The van der Waals surface area contributed by atoms with Crippen molar-refractivity contribution in [3.05, 3.63) is 11.5 Å². The molecule has 0 bridgehead atoms. The Bertz CT molecular complexity index is 332. The summed E-state index contributed by atoms with van der Waals surface area (Å²) in [6, 6.07) is 0. The van der Waals surface area contributed by atoms with Crippen LogP contribution in [0.3, 0.4) is 0 Å². The first kappa shape index (κ1) is 9.09. The molecule has 3 nitrogen and oxygen atoms in total. The predicted octanol–water partition coefficient (Wildman–Crippen LogP) is 1.96. The Hall–Kier alpha value is -0.480. The molecule has 0 fully saturated rings. The van der Waals surface area contributed by atoms with Crippen LogP contribution in [0.5, 0.6) is 5.88 Å². The number of hydrogen-bond donors (Lipinski definition) is 1. The highest BCUT2D eigenvalue weighted by molar-refractivity contribution is 7.99. The second-order valence-corrected chi connectivity index (χ2v) is 4.20. The van der Waals surface area contributed by atoms with Crippen LogP contribution in [-0.4, -0.2) is 20.8 Å². The van der Waals surface area contributed by atoms with E-state index >= 15 is 0 Å². The van der Waals surface area contributed by atoms with E-state index in [1.54, 1.807) is 11.8 Å². The first-order chi connectivity index (χ1) is 6.31. The average molecular weight is 217 g/mol. The summed E-state index contributed by atoms with van der Waals surface area (Å²) >= 11 is 7.21. The molecular weight excluding hydrogens is 208 g/mol. The van der Waals surface area contributed by atoms with Gasteiger partial charge in [0.1, 0.15) is 5.82 Å². The molecule has 0 amide bonds. The summed E-state index contributed by atoms with van der Waals surface area (Å²) in [6.07, 6.45) is 2.03. The molecule has 0 unspecified atom stereocenters. The van der Waals surface area contributed by atoms with Crippen molar-refractivity contribution in [3.8, 4) is 5.88 Å². The molecule has 0 saturated carbocycles. The number of nitrogens with zero attached hydrogens (tertiary/aromatic N) is 2. The van der Waals surface area contributed by atoms with Crippen molar-refractivity contribution in [2.24, 2.45) is 0 Å². The van der Waals surface area contributed by atoms with Crippen molar-refractivity contribution in [2.45, 2.75) is 23.6 Å². The SMILES string of the molecule is Oc1nc(CCl)nc2c1SCCC2. The lowest BCUT2D eigenvalue weighted by Gasteiger charge is -2.14. The van der Waals surface area contributed by atoms with E-state index in [9.17, 15) is 5.11 Å². The Morgan fingerprint density at radius 1 is 1.46 bits per heavy atom. The Balaban J connectivity index is 2.47. The summed E-state index contributed by atoms with van der Waals surface area (Å²) in [5.74, 6) is 1.89. The van der Waals surface area contributed by atoms with Gasteiger partial charge in [-0.2, -0.15) is 4.98 Å². The highest BCUT2D eigenvalue weighted by Crippen LogP contribution is 2.34. The van der Waals surface area contributed by atoms with Crippen molar-refractivity contribution in [2.75, 3.05) is 5.75 Å². The van der Waals surface area contributed by atoms with Gasteiger partial charge in [-0.05, 0) is 18.6 Å². The first-order valence-corrected chi connectivity index (χ1v) is 5.61. The van der Waals surface area contributed by atoms with E-state index in [-0.39, 0.29) is 11.8 Å². The van der Waals surface area contributed by atoms with Gasteiger partial charge in [0.25, 0.3) is 0 Å². The summed E-state index contributed by atoms with van der Waals surface area (Å²) < 4.78 is 0. The molecule has 70 valence electrons. The summed E-state index contributed by atoms with van der Waals surface area (Å²) in [7, 11) is 0. The Morgan fingerprint density at radius 3 is 3.08 bits per heavy atom. The standard InChI is InChI=1S/C8H9ClN2OS/c9-4-6-10-5-2-1-3-13-7(5)8(12)11-6/h1-4H2,(H,10,11,12). The summed E-state index contributed by atoms with van der Waals surface area (Å²) in [5, 5.41) is 9.54. The number of thioether (sulfide) groups is 1. The molecule has 13 heavy (non-hydrogen) atoms. The molecule has 0 saturated heterocycles. The number of fused-ring (bicyclic) bond motifs is 1. The van der Waals surface area contributed by atoms with Crippen LogP contribution < -0.4 is 0 Å². The minimum atomic E-state index is 0.0883. The fraction of sp³-hybridized carbons (Fsp3) is 0.500. The van der Waals surface area contributed by atoms with E-state index in [1.165, 1.54) is 0 Å². The molecule has 5 heteroatoms. The van der Waals surface area contributed by atoms with E-state index in [1.807, 2.05) is 0 Å². The number of rotatable bonds is 1. The largest absolute Gasteiger partial charge is 0.492 e. The van der Waals surface area contributed by atoms with Crippen LogP contribution in [-0.2, 0) is 12.3 Å². The molecule has 2 rings (SSSR count). The summed E-state index contributed by atoms with van der Waals surface area (Å²) in [5.41, 5.74) is 0.944. The number of halogens is 1. The van der Waals surface area contributed by atoms with Gasteiger partial charge in [0, 0.05) is 0 Å². The zero-order chi connectivity index (χ0) is 9.26. The van der Waals surface area contributed by atoms with Crippen LogP contribution in [0.25, 0.3) is 0 Å². The lowest BCUT2D eigenvalue weighted by molar-refractivity contribution is 0.431. The predicted molar refractivity (Wildman–Crippen MR) is 52.3 cm³/mol. The van der Waals surface area contributed by atoms with Gasteiger partial charge in [-0.3, -0.25) is 0 Å². The molecule has 1 aromatic heterocycles. The number of aromatic nitrogens is 2. The smallest absolute Gasteiger partial charge is 0.228 e. The highest BCUT2D eigenvalue weighted by Gasteiger charge is 2.17. The molecule has 0 atom stereocenters.